The molecule has 0 aromatic carbocycles. The van der Waals surface area contributed by atoms with E-state index in [2.05, 4.69) is 16.9 Å². The molecule has 2 rings (SSSR count). The predicted octanol–water partition coefficient (Wildman–Crippen LogP) is 2.05. The number of nitrogen functional groups attached to an aromatic ring is 1. The average Bonchev–Trinajstić information content (AvgIpc) is 3.03. The molecule has 0 atom stereocenters. The minimum absolute atomic E-state index is 0.0938. The van der Waals surface area contributed by atoms with Crippen molar-refractivity contribution in [1.82, 2.24) is 4.98 Å². The maximum Gasteiger partial charge on any atom is 0.239 e. The molecule has 4 heteroatoms. The molecule has 1 aromatic heterocycles. The van der Waals surface area contributed by atoms with Gasteiger partial charge in [-0.3, -0.25) is 0 Å². The van der Waals surface area contributed by atoms with Gasteiger partial charge >= 0.3 is 0 Å². The number of hydrogen-bond acceptors (Lipinski definition) is 4. The van der Waals surface area contributed by atoms with Gasteiger partial charge in [0.15, 0.2) is 0 Å². The van der Waals surface area contributed by atoms with Crippen LogP contribution in [0.4, 0.5) is 11.5 Å². The van der Waals surface area contributed by atoms with Crippen LogP contribution in [-0.2, 0) is 0 Å². The lowest BCUT2D eigenvalue weighted by Gasteiger charge is -2.19. The number of ether oxygens (including phenoxy) is 1. The summed E-state index contributed by atoms with van der Waals surface area (Å²) in [7, 11) is 2.06. The summed E-state index contributed by atoms with van der Waals surface area (Å²) in [5.41, 5.74) is 6.42. The second-order valence-electron chi connectivity index (χ2n) is 4.57. The summed E-state index contributed by atoms with van der Waals surface area (Å²) in [5.74, 6) is 1.48. The molecule has 1 saturated carbocycles. The lowest BCUT2D eigenvalue weighted by atomic mass is 10.3. The monoisotopic (exact) mass is 221 g/mol. The summed E-state index contributed by atoms with van der Waals surface area (Å²) in [4.78, 5) is 6.64. The van der Waals surface area contributed by atoms with E-state index >= 15 is 0 Å². The molecular weight excluding hydrogens is 202 g/mol. The van der Waals surface area contributed by atoms with Gasteiger partial charge in [0, 0.05) is 13.1 Å². The molecule has 1 aliphatic carbocycles. The van der Waals surface area contributed by atoms with Crippen molar-refractivity contribution in [3.63, 3.8) is 0 Å². The topological polar surface area (TPSA) is 51.4 Å². The Morgan fingerprint density at radius 2 is 2.12 bits per heavy atom. The zero-order valence-corrected chi connectivity index (χ0v) is 10.1. The van der Waals surface area contributed by atoms with Crippen LogP contribution in [0.15, 0.2) is 12.1 Å². The number of nitrogens with two attached hydrogens (primary N) is 1. The van der Waals surface area contributed by atoms with Crippen LogP contribution >= 0.6 is 0 Å². The molecule has 1 heterocycles. The van der Waals surface area contributed by atoms with Crippen LogP contribution in [0.2, 0.25) is 0 Å². The van der Waals surface area contributed by atoms with Crippen LogP contribution in [0.3, 0.4) is 0 Å². The molecular formula is C12H19N3O. The quantitative estimate of drug-likeness (QED) is 0.845. The largest absolute Gasteiger partial charge is 0.473 e. The Bertz CT molecular complexity index is 375. The first-order valence-electron chi connectivity index (χ1n) is 5.74. The summed E-state index contributed by atoms with van der Waals surface area (Å²) in [6, 6.07) is 4.45. The van der Waals surface area contributed by atoms with Gasteiger partial charge in [-0.15, -0.1) is 0 Å². The molecule has 88 valence electrons. The molecule has 0 spiro atoms. The number of hydrogen-bond donors (Lipinski definition) is 1. The maximum absolute atomic E-state index is 5.82. The Balaban J connectivity index is 2.20. The Labute approximate surface area is 96.4 Å². The lowest BCUT2D eigenvalue weighted by Crippen LogP contribution is -2.21. The van der Waals surface area contributed by atoms with Gasteiger partial charge in [0.05, 0.1) is 11.8 Å². The molecule has 0 bridgehead atoms. The predicted molar refractivity (Wildman–Crippen MR) is 65.8 cm³/mol. The van der Waals surface area contributed by atoms with Crippen molar-refractivity contribution in [2.75, 3.05) is 17.7 Å². The van der Waals surface area contributed by atoms with Gasteiger partial charge in [0.25, 0.3) is 0 Å². The van der Waals surface area contributed by atoms with Crippen molar-refractivity contribution in [3.05, 3.63) is 12.1 Å². The third kappa shape index (κ3) is 2.38. The fourth-order valence-corrected chi connectivity index (χ4v) is 1.60. The molecule has 0 amide bonds. The molecule has 0 radical (unpaired) electrons. The van der Waals surface area contributed by atoms with E-state index in [1.54, 1.807) is 0 Å². The smallest absolute Gasteiger partial charge is 0.239 e. The standard InChI is InChI=1S/C12H19N3O/c1-8(2)16-12-10(13)6-7-11(14-12)15(3)9-4-5-9/h6-9H,4-5,13H2,1-3H3. The van der Waals surface area contributed by atoms with Crippen molar-refractivity contribution in [3.8, 4) is 5.88 Å². The van der Waals surface area contributed by atoms with E-state index in [1.165, 1.54) is 12.8 Å². The fraction of sp³-hybridized carbons (Fsp3) is 0.583. The van der Waals surface area contributed by atoms with Crippen LogP contribution in [0.25, 0.3) is 0 Å². The Morgan fingerprint density at radius 1 is 1.44 bits per heavy atom. The van der Waals surface area contributed by atoms with E-state index in [9.17, 15) is 0 Å². The number of nitrogens with zero attached hydrogens (tertiary/aromatic N) is 2. The van der Waals surface area contributed by atoms with Crippen LogP contribution in [0.5, 0.6) is 5.88 Å². The average molecular weight is 221 g/mol. The number of rotatable bonds is 4. The van der Waals surface area contributed by atoms with Crippen molar-refractivity contribution < 1.29 is 4.74 Å². The van der Waals surface area contributed by atoms with Crippen LogP contribution in [0, 0.1) is 0 Å². The SMILES string of the molecule is CC(C)Oc1nc(N(C)C2CC2)ccc1N. The zero-order chi connectivity index (χ0) is 11.7. The van der Waals surface area contributed by atoms with Crippen molar-refractivity contribution >= 4 is 11.5 Å². The highest BCUT2D eigenvalue weighted by Gasteiger charge is 2.27. The first-order chi connectivity index (χ1) is 7.58. The van der Waals surface area contributed by atoms with Crippen molar-refractivity contribution in [1.29, 1.82) is 0 Å². The third-order valence-corrected chi connectivity index (χ3v) is 2.68. The Morgan fingerprint density at radius 3 is 2.69 bits per heavy atom. The second-order valence-corrected chi connectivity index (χ2v) is 4.57. The molecule has 0 aliphatic heterocycles. The lowest BCUT2D eigenvalue weighted by molar-refractivity contribution is 0.234. The molecule has 0 saturated heterocycles. The summed E-state index contributed by atoms with van der Waals surface area (Å²) in [5, 5.41) is 0. The van der Waals surface area contributed by atoms with Gasteiger partial charge in [-0.25, -0.2) is 0 Å². The number of aromatic nitrogens is 1. The molecule has 1 aliphatic rings. The first-order valence-corrected chi connectivity index (χ1v) is 5.74. The van der Waals surface area contributed by atoms with Crippen molar-refractivity contribution in [2.45, 2.75) is 38.8 Å². The molecule has 16 heavy (non-hydrogen) atoms. The van der Waals surface area contributed by atoms with Gasteiger partial charge in [-0.2, -0.15) is 4.98 Å². The summed E-state index contributed by atoms with van der Waals surface area (Å²) < 4.78 is 5.57. The minimum atomic E-state index is 0.0938. The zero-order valence-electron chi connectivity index (χ0n) is 10.1. The number of anilines is 2. The molecule has 2 N–H and O–H groups in total. The third-order valence-electron chi connectivity index (χ3n) is 2.68. The van der Waals surface area contributed by atoms with Gasteiger partial charge in [-0.05, 0) is 38.8 Å². The summed E-state index contributed by atoms with van der Waals surface area (Å²) in [6.45, 7) is 3.94. The molecule has 1 fully saturated rings. The van der Waals surface area contributed by atoms with E-state index in [4.69, 9.17) is 10.5 Å². The van der Waals surface area contributed by atoms with Gasteiger partial charge < -0.3 is 15.4 Å². The number of pyridine rings is 1. The molecule has 0 unspecified atom stereocenters. The summed E-state index contributed by atoms with van der Waals surface area (Å²) in [6.07, 6.45) is 2.60. The Kier molecular flexibility index (Phi) is 2.90. The highest BCUT2D eigenvalue weighted by Crippen LogP contribution is 2.31. The van der Waals surface area contributed by atoms with E-state index in [-0.39, 0.29) is 6.10 Å². The maximum atomic E-state index is 5.82. The first kappa shape index (κ1) is 11.0. The van der Waals surface area contributed by atoms with E-state index < -0.39 is 0 Å². The minimum Gasteiger partial charge on any atom is -0.473 e. The van der Waals surface area contributed by atoms with Crippen LogP contribution in [-0.4, -0.2) is 24.2 Å². The van der Waals surface area contributed by atoms with Gasteiger partial charge in [0.1, 0.15) is 5.82 Å². The summed E-state index contributed by atoms with van der Waals surface area (Å²) >= 11 is 0. The van der Waals surface area contributed by atoms with E-state index in [0.717, 1.165) is 5.82 Å². The molecule has 1 aromatic rings. The van der Waals surface area contributed by atoms with Crippen LogP contribution < -0.4 is 15.4 Å². The fourth-order valence-electron chi connectivity index (χ4n) is 1.60. The van der Waals surface area contributed by atoms with E-state index in [1.807, 2.05) is 26.0 Å². The Hall–Kier alpha value is -1.45. The highest BCUT2D eigenvalue weighted by atomic mass is 16.5. The molecule has 4 nitrogen and oxygen atoms in total. The highest BCUT2D eigenvalue weighted by molar-refractivity contribution is 5.55. The normalized spacial score (nSPS) is 15.2. The van der Waals surface area contributed by atoms with Gasteiger partial charge in [0.2, 0.25) is 5.88 Å². The second kappa shape index (κ2) is 4.20. The van der Waals surface area contributed by atoms with E-state index in [0.29, 0.717) is 17.6 Å². The van der Waals surface area contributed by atoms with Crippen molar-refractivity contribution in [2.24, 2.45) is 0 Å². The van der Waals surface area contributed by atoms with Gasteiger partial charge in [-0.1, -0.05) is 0 Å². The van der Waals surface area contributed by atoms with Crippen LogP contribution in [0.1, 0.15) is 26.7 Å².